The third kappa shape index (κ3) is 4.13. The molecule has 1 heterocycles. The second-order valence-corrected chi connectivity index (χ2v) is 10.4. The van der Waals surface area contributed by atoms with Gasteiger partial charge < -0.3 is 20.1 Å². The molecule has 3 saturated carbocycles. The van der Waals surface area contributed by atoms with Gasteiger partial charge in [-0.05, 0) is 68.5 Å². The van der Waals surface area contributed by atoms with Crippen molar-refractivity contribution in [2.75, 3.05) is 6.61 Å². The summed E-state index contributed by atoms with van der Waals surface area (Å²) < 4.78 is 24.9. The largest absolute Gasteiger partial charge is 0.484 e. The molecule has 6 rings (SSSR count). The van der Waals surface area contributed by atoms with Crippen LogP contribution in [-0.4, -0.2) is 35.1 Å². The first-order chi connectivity index (χ1) is 15.6. The van der Waals surface area contributed by atoms with E-state index in [-0.39, 0.29) is 40.3 Å². The minimum absolute atomic E-state index is 0.00546. The van der Waals surface area contributed by atoms with Crippen LogP contribution in [0.15, 0.2) is 36.4 Å². The average Bonchev–Trinajstić information content (AvgIpc) is 2.72. The molecule has 2 aromatic rings. The number of halogens is 3. The van der Waals surface area contributed by atoms with Crippen molar-refractivity contribution in [3.63, 3.8) is 0 Å². The maximum Gasteiger partial charge on any atom is 0.264 e. The van der Waals surface area contributed by atoms with Crippen LogP contribution in [0.25, 0.3) is 0 Å². The van der Waals surface area contributed by atoms with Crippen molar-refractivity contribution in [1.82, 2.24) is 10.6 Å². The van der Waals surface area contributed by atoms with Crippen LogP contribution in [0.4, 0.5) is 4.39 Å². The van der Waals surface area contributed by atoms with E-state index in [4.69, 9.17) is 32.7 Å². The van der Waals surface area contributed by atoms with Crippen LogP contribution in [0.1, 0.15) is 38.2 Å². The molecule has 1 aliphatic heterocycles. The molecule has 2 aromatic carbocycles. The number of hydrogen-bond acceptors (Lipinski definition) is 4. The number of carbonyl (C=O) groups is 2. The summed E-state index contributed by atoms with van der Waals surface area (Å²) in [5.74, 6) is -0.114. The summed E-state index contributed by atoms with van der Waals surface area (Å²) in [6.45, 7) is 1.58. The smallest absolute Gasteiger partial charge is 0.264 e. The molecule has 4 aliphatic rings. The first kappa shape index (κ1) is 22.3. The summed E-state index contributed by atoms with van der Waals surface area (Å²) in [4.78, 5) is 25.4. The number of hydrogen-bond donors (Lipinski definition) is 2. The molecule has 6 nitrogen and oxygen atoms in total. The Balaban J connectivity index is 1.11. The molecule has 1 atom stereocenters. The summed E-state index contributed by atoms with van der Waals surface area (Å²) in [6, 6.07) is 9.45. The van der Waals surface area contributed by atoms with Crippen molar-refractivity contribution < 1.29 is 23.5 Å². The van der Waals surface area contributed by atoms with Crippen molar-refractivity contribution in [3.05, 3.63) is 57.8 Å². The van der Waals surface area contributed by atoms with Gasteiger partial charge in [-0.1, -0.05) is 23.2 Å². The van der Waals surface area contributed by atoms with Gasteiger partial charge in [0, 0.05) is 28.6 Å². The summed E-state index contributed by atoms with van der Waals surface area (Å²) in [5.41, 5.74) is -0.578. The van der Waals surface area contributed by atoms with E-state index in [2.05, 4.69) is 10.6 Å². The highest BCUT2D eigenvalue weighted by Crippen LogP contribution is 2.60. The minimum atomic E-state index is -0.950. The molecule has 0 radical (unpaired) electrons. The number of rotatable bonds is 6. The van der Waals surface area contributed by atoms with Gasteiger partial charge >= 0.3 is 0 Å². The molecule has 0 spiro atoms. The van der Waals surface area contributed by atoms with Gasteiger partial charge in [-0.25, -0.2) is 4.39 Å². The first-order valence-electron chi connectivity index (χ1n) is 10.8. The number of fused-ring (bicyclic) bond motifs is 1. The van der Waals surface area contributed by atoms with Crippen LogP contribution >= 0.6 is 23.2 Å². The third-order valence-corrected chi connectivity index (χ3v) is 7.33. The monoisotopic (exact) mass is 492 g/mol. The minimum Gasteiger partial charge on any atom is -0.484 e. The van der Waals surface area contributed by atoms with Gasteiger partial charge in [0.2, 0.25) is 0 Å². The highest BCUT2D eigenvalue weighted by atomic mass is 35.5. The standard InChI is InChI=1S/C24H23Cl2FN2O4/c1-22(7-6-14-8-15(25)2-5-19(14)33-22)21(31)29-24-11-23(12-24,13-24)28-20(30)10-32-16-3-4-17(26)18(27)9-16/h2-5,8-9H,6-7,10-13H2,1H3,(H,28,30)(H,29,31). The summed E-state index contributed by atoms with van der Waals surface area (Å²) >= 11 is 11.7. The number of amides is 2. The molecule has 2 bridgehead atoms. The number of carbonyl (C=O) groups excluding carboxylic acids is 2. The van der Waals surface area contributed by atoms with Gasteiger partial charge in [0.1, 0.15) is 17.3 Å². The average molecular weight is 493 g/mol. The molecule has 0 aromatic heterocycles. The van der Waals surface area contributed by atoms with E-state index in [0.29, 0.717) is 42.9 Å². The second kappa shape index (κ2) is 7.77. The molecule has 0 saturated heterocycles. The van der Waals surface area contributed by atoms with Gasteiger partial charge in [-0.15, -0.1) is 0 Å². The molecule has 3 fully saturated rings. The zero-order chi connectivity index (χ0) is 23.4. The molecule has 9 heteroatoms. The second-order valence-electron chi connectivity index (χ2n) is 9.54. The lowest BCUT2D eigenvalue weighted by Gasteiger charge is -2.70. The van der Waals surface area contributed by atoms with Gasteiger partial charge in [0.05, 0.1) is 5.02 Å². The molecule has 33 heavy (non-hydrogen) atoms. The van der Waals surface area contributed by atoms with E-state index in [1.807, 2.05) is 6.07 Å². The van der Waals surface area contributed by atoms with Gasteiger partial charge in [0.25, 0.3) is 11.8 Å². The molecular weight excluding hydrogens is 470 g/mol. The predicted molar refractivity (Wildman–Crippen MR) is 121 cm³/mol. The van der Waals surface area contributed by atoms with Crippen LogP contribution in [0.2, 0.25) is 10.0 Å². The van der Waals surface area contributed by atoms with E-state index >= 15 is 0 Å². The van der Waals surface area contributed by atoms with Gasteiger partial charge in [-0.2, -0.15) is 0 Å². The van der Waals surface area contributed by atoms with Crippen molar-refractivity contribution >= 4 is 35.0 Å². The predicted octanol–water partition coefficient (Wildman–Crippen LogP) is 4.20. The van der Waals surface area contributed by atoms with Crippen molar-refractivity contribution in [2.24, 2.45) is 0 Å². The Hall–Kier alpha value is -2.51. The Labute approximate surface area is 200 Å². The molecular formula is C24H23Cl2FN2O4. The first-order valence-corrected chi connectivity index (χ1v) is 11.5. The lowest BCUT2D eigenvalue weighted by atomic mass is 9.44. The van der Waals surface area contributed by atoms with Crippen LogP contribution in [-0.2, 0) is 16.0 Å². The number of benzene rings is 2. The van der Waals surface area contributed by atoms with Crippen LogP contribution in [0, 0.1) is 5.82 Å². The number of ether oxygens (including phenoxy) is 2. The molecule has 1 unspecified atom stereocenters. The fourth-order valence-electron chi connectivity index (χ4n) is 5.14. The molecule has 174 valence electrons. The van der Waals surface area contributed by atoms with Crippen LogP contribution in [0.5, 0.6) is 11.5 Å². The molecule has 2 N–H and O–H groups in total. The third-order valence-electron chi connectivity index (χ3n) is 6.78. The van der Waals surface area contributed by atoms with E-state index in [1.54, 1.807) is 19.1 Å². The lowest BCUT2D eigenvalue weighted by molar-refractivity contribution is -0.159. The topological polar surface area (TPSA) is 76.7 Å². The number of nitrogens with one attached hydrogen (secondary N) is 2. The highest BCUT2D eigenvalue weighted by molar-refractivity contribution is 6.31. The maximum absolute atomic E-state index is 13.5. The Morgan fingerprint density at radius 1 is 1.09 bits per heavy atom. The van der Waals surface area contributed by atoms with Crippen molar-refractivity contribution in [3.8, 4) is 11.5 Å². The maximum atomic E-state index is 13.5. The lowest BCUT2D eigenvalue weighted by Crippen LogP contribution is -2.84. The van der Waals surface area contributed by atoms with E-state index in [9.17, 15) is 14.0 Å². The number of aryl methyl sites for hydroxylation is 1. The Morgan fingerprint density at radius 3 is 2.55 bits per heavy atom. The van der Waals surface area contributed by atoms with Crippen LogP contribution in [0.3, 0.4) is 0 Å². The highest BCUT2D eigenvalue weighted by Gasteiger charge is 2.69. The Bertz CT molecular complexity index is 1140. The SMILES string of the molecule is CC1(C(=O)NC23CC(NC(=O)COc4ccc(Cl)c(F)c4)(C2)C3)CCc2cc(Cl)ccc2O1. The molecule has 3 aliphatic carbocycles. The van der Waals surface area contributed by atoms with E-state index in [0.717, 1.165) is 11.6 Å². The normalized spacial score (nSPS) is 29.0. The van der Waals surface area contributed by atoms with Gasteiger partial charge in [0.15, 0.2) is 12.2 Å². The zero-order valence-electron chi connectivity index (χ0n) is 18.0. The molecule has 2 amide bonds. The Kier molecular flexibility index (Phi) is 5.25. The summed E-state index contributed by atoms with van der Waals surface area (Å²) in [7, 11) is 0. The quantitative estimate of drug-likeness (QED) is 0.633. The fraction of sp³-hybridized carbons (Fsp3) is 0.417. The van der Waals surface area contributed by atoms with Crippen molar-refractivity contribution in [1.29, 1.82) is 0 Å². The van der Waals surface area contributed by atoms with E-state index < -0.39 is 11.4 Å². The van der Waals surface area contributed by atoms with Gasteiger partial charge in [-0.3, -0.25) is 9.59 Å². The zero-order valence-corrected chi connectivity index (χ0v) is 19.5. The Morgan fingerprint density at radius 2 is 1.82 bits per heavy atom. The summed E-state index contributed by atoms with van der Waals surface area (Å²) in [6.07, 6.45) is 3.26. The van der Waals surface area contributed by atoms with Crippen molar-refractivity contribution in [2.45, 2.75) is 55.7 Å². The summed E-state index contributed by atoms with van der Waals surface area (Å²) in [5, 5.41) is 6.78. The van der Waals surface area contributed by atoms with E-state index in [1.165, 1.54) is 12.1 Å². The van der Waals surface area contributed by atoms with Crippen LogP contribution < -0.4 is 20.1 Å². The fourth-order valence-corrected chi connectivity index (χ4v) is 5.46.